The molecular formula is C10H10N8. The van der Waals surface area contributed by atoms with E-state index >= 15 is 0 Å². The molecular weight excluding hydrogens is 232 g/mol. The van der Waals surface area contributed by atoms with Gasteiger partial charge >= 0.3 is 0 Å². The minimum atomic E-state index is -0.489. The summed E-state index contributed by atoms with van der Waals surface area (Å²) in [6.07, 6.45) is 1.78. The van der Waals surface area contributed by atoms with Crippen LogP contribution in [0.15, 0.2) is 21.5 Å². The van der Waals surface area contributed by atoms with Crippen molar-refractivity contribution in [1.82, 2.24) is 14.6 Å². The molecule has 18 heavy (non-hydrogen) atoms. The van der Waals surface area contributed by atoms with Crippen LogP contribution in [-0.4, -0.2) is 14.6 Å². The topological polar surface area (TPSA) is 104 Å². The summed E-state index contributed by atoms with van der Waals surface area (Å²) in [5.41, 5.74) is 11.0. The number of hydrogen-bond donors (Lipinski definition) is 0. The molecule has 3 rings (SSSR count). The molecule has 0 fully saturated rings. The molecule has 0 N–H and O–H groups in total. The quantitative estimate of drug-likeness (QED) is 0.434. The molecule has 0 aliphatic carbocycles. The van der Waals surface area contributed by atoms with Crippen molar-refractivity contribution in [3.8, 4) is 0 Å². The number of hydrogen-bond acceptors (Lipinski definition) is 5. The molecule has 0 unspecified atom stereocenters. The fourth-order valence-corrected chi connectivity index (χ4v) is 2.09. The zero-order chi connectivity index (χ0) is 12.9. The van der Waals surface area contributed by atoms with Crippen LogP contribution in [0.5, 0.6) is 0 Å². The predicted molar refractivity (Wildman–Crippen MR) is 64.1 cm³/mol. The third-order valence-corrected chi connectivity index (χ3v) is 2.83. The van der Waals surface area contributed by atoms with Gasteiger partial charge in [0.25, 0.3) is 0 Å². The van der Waals surface area contributed by atoms with Crippen molar-refractivity contribution in [1.29, 1.82) is 0 Å². The lowest BCUT2D eigenvalue weighted by Crippen LogP contribution is -2.12. The van der Waals surface area contributed by atoms with Crippen molar-refractivity contribution < 1.29 is 0 Å². The first-order valence-corrected chi connectivity index (χ1v) is 5.41. The summed E-state index contributed by atoms with van der Waals surface area (Å²) in [5.74, 6) is 0.228. The van der Waals surface area contributed by atoms with E-state index in [2.05, 4.69) is 30.3 Å². The first-order chi connectivity index (χ1) is 8.53. The fourth-order valence-electron chi connectivity index (χ4n) is 2.09. The van der Waals surface area contributed by atoms with Crippen molar-refractivity contribution in [3.63, 3.8) is 0 Å². The molecule has 1 aliphatic rings. The molecule has 2 aromatic heterocycles. The maximum Gasteiger partial charge on any atom is 0.175 e. The van der Waals surface area contributed by atoms with Gasteiger partial charge in [0.05, 0.1) is 17.5 Å². The van der Waals surface area contributed by atoms with E-state index in [4.69, 9.17) is 5.53 Å². The number of nitrogens with zero attached hydrogens (tertiary/aromatic N) is 8. The Kier molecular flexibility index (Phi) is 1.94. The monoisotopic (exact) mass is 242 g/mol. The molecule has 3 heterocycles. The minimum Gasteiger partial charge on any atom is -0.232 e. The van der Waals surface area contributed by atoms with Crippen LogP contribution in [0.3, 0.4) is 0 Å². The molecule has 0 saturated heterocycles. The van der Waals surface area contributed by atoms with E-state index in [9.17, 15) is 0 Å². The highest BCUT2D eigenvalue weighted by Gasteiger charge is 2.34. The van der Waals surface area contributed by atoms with Gasteiger partial charge in [-0.05, 0) is 31.4 Å². The number of aryl methyl sites for hydroxylation is 1. The third kappa shape index (κ3) is 1.29. The first-order valence-electron chi connectivity index (χ1n) is 5.41. The standard InChI is InChI=1S/C10H10N8/c1-5-4-18-9(12-5)6-7(8(15-18)14-17-11)13-16-10(6,2)3/h4H,1-3H3. The van der Waals surface area contributed by atoms with E-state index in [-0.39, 0.29) is 5.82 Å². The number of rotatable bonds is 1. The van der Waals surface area contributed by atoms with Gasteiger partial charge in [-0.2, -0.15) is 15.3 Å². The van der Waals surface area contributed by atoms with E-state index in [0.717, 1.165) is 11.3 Å². The van der Waals surface area contributed by atoms with Crippen LogP contribution in [0.1, 0.15) is 25.1 Å². The Balaban J connectivity index is 2.48. The zero-order valence-corrected chi connectivity index (χ0v) is 10.2. The van der Waals surface area contributed by atoms with Gasteiger partial charge in [0.15, 0.2) is 11.5 Å². The fraction of sp³-hybridized carbons (Fsp3) is 0.400. The van der Waals surface area contributed by atoms with Gasteiger partial charge in [0, 0.05) is 4.91 Å². The highest BCUT2D eigenvalue weighted by Crippen LogP contribution is 2.46. The second-order valence-corrected chi connectivity index (χ2v) is 4.65. The largest absolute Gasteiger partial charge is 0.232 e. The average Bonchev–Trinajstić information content (AvgIpc) is 2.79. The summed E-state index contributed by atoms with van der Waals surface area (Å²) in [4.78, 5) is 7.20. The van der Waals surface area contributed by atoms with Crippen LogP contribution < -0.4 is 0 Å². The number of azide groups is 1. The lowest BCUT2D eigenvalue weighted by atomic mass is 9.96. The van der Waals surface area contributed by atoms with E-state index in [1.807, 2.05) is 20.8 Å². The molecule has 0 spiro atoms. The molecule has 0 amide bonds. The highest BCUT2D eigenvalue weighted by molar-refractivity contribution is 5.73. The molecule has 0 bridgehead atoms. The summed E-state index contributed by atoms with van der Waals surface area (Å²) < 4.78 is 1.61. The Morgan fingerprint density at radius 2 is 2.22 bits per heavy atom. The van der Waals surface area contributed by atoms with Crippen molar-refractivity contribution in [2.75, 3.05) is 0 Å². The number of imidazole rings is 1. The summed E-state index contributed by atoms with van der Waals surface area (Å²) in [6, 6.07) is 0. The zero-order valence-electron chi connectivity index (χ0n) is 10.2. The Hall–Kier alpha value is -2.47. The van der Waals surface area contributed by atoms with Crippen molar-refractivity contribution in [3.05, 3.63) is 27.9 Å². The normalized spacial score (nSPS) is 15.7. The number of azo groups is 1. The van der Waals surface area contributed by atoms with Gasteiger partial charge < -0.3 is 0 Å². The smallest absolute Gasteiger partial charge is 0.175 e. The second kappa shape index (κ2) is 3.27. The number of fused-ring (bicyclic) bond motifs is 3. The Bertz CT molecular complexity index is 732. The average molecular weight is 242 g/mol. The molecule has 1 aliphatic heterocycles. The van der Waals surface area contributed by atoms with Gasteiger partial charge in [0.1, 0.15) is 11.2 Å². The van der Waals surface area contributed by atoms with Gasteiger partial charge in [-0.25, -0.2) is 9.50 Å². The van der Waals surface area contributed by atoms with E-state index in [1.54, 1.807) is 10.7 Å². The molecule has 0 aromatic carbocycles. The van der Waals surface area contributed by atoms with Gasteiger partial charge in [0.2, 0.25) is 0 Å². The third-order valence-electron chi connectivity index (χ3n) is 2.83. The first kappa shape index (κ1) is 10.7. The van der Waals surface area contributed by atoms with E-state index < -0.39 is 5.54 Å². The van der Waals surface area contributed by atoms with E-state index in [0.29, 0.717) is 11.3 Å². The molecule has 8 heteroatoms. The Morgan fingerprint density at radius 3 is 2.94 bits per heavy atom. The van der Waals surface area contributed by atoms with Crippen LogP contribution in [0.4, 0.5) is 11.5 Å². The van der Waals surface area contributed by atoms with E-state index in [1.165, 1.54) is 0 Å². The molecule has 0 atom stereocenters. The molecule has 90 valence electrons. The SMILES string of the molecule is Cc1cn2nc(N=[N+]=[N-])c3c(c2n1)C(C)(C)N=N3. The van der Waals surface area contributed by atoms with Crippen LogP contribution in [0.25, 0.3) is 16.1 Å². The molecule has 0 saturated carbocycles. The Morgan fingerprint density at radius 1 is 1.44 bits per heavy atom. The summed E-state index contributed by atoms with van der Waals surface area (Å²) in [6.45, 7) is 5.75. The van der Waals surface area contributed by atoms with Crippen molar-refractivity contribution in [2.24, 2.45) is 15.3 Å². The van der Waals surface area contributed by atoms with Gasteiger partial charge in [-0.15, -0.1) is 0 Å². The summed E-state index contributed by atoms with van der Waals surface area (Å²) >= 11 is 0. The summed E-state index contributed by atoms with van der Waals surface area (Å²) in [5, 5.41) is 16.0. The van der Waals surface area contributed by atoms with Crippen LogP contribution in [0, 0.1) is 6.92 Å². The van der Waals surface area contributed by atoms with Gasteiger partial charge in [-0.1, -0.05) is 0 Å². The van der Waals surface area contributed by atoms with Crippen molar-refractivity contribution in [2.45, 2.75) is 26.3 Å². The molecule has 0 radical (unpaired) electrons. The molecule has 8 nitrogen and oxygen atoms in total. The van der Waals surface area contributed by atoms with Crippen LogP contribution in [-0.2, 0) is 5.54 Å². The minimum absolute atomic E-state index is 0.228. The van der Waals surface area contributed by atoms with Crippen LogP contribution >= 0.6 is 0 Å². The van der Waals surface area contributed by atoms with Crippen LogP contribution in [0.2, 0.25) is 0 Å². The Labute approximate surface area is 102 Å². The number of aromatic nitrogens is 3. The maximum absolute atomic E-state index is 8.58. The van der Waals surface area contributed by atoms with Crippen molar-refractivity contribution >= 4 is 17.2 Å². The van der Waals surface area contributed by atoms with Gasteiger partial charge in [-0.3, -0.25) is 0 Å². The lowest BCUT2D eigenvalue weighted by Gasteiger charge is -2.14. The highest BCUT2D eigenvalue weighted by atomic mass is 15.3. The lowest BCUT2D eigenvalue weighted by molar-refractivity contribution is 0.556. The maximum atomic E-state index is 8.58. The predicted octanol–water partition coefficient (Wildman–Crippen LogP) is 3.31. The second-order valence-electron chi connectivity index (χ2n) is 4.65. The summed E-state index contributed by atoms with van der Waals surface area (Å²) in [7, 11) is 0. The molecule has 2 aromatic rings.